The molecule has 0 aliphatic rings. The van der Waals surface area contributed by atoms with Crippen molar-refractivity contribution in [1.82, 2.24) is 9.97 Å². The third kappa shape index (κ3) is 2.51. The number of hydrogen-bond donors (Lipinski definition) is 2. The predicted octanol–water partition coefficient (Wildman–Crippen LogP) is 1.50. The van der Waals surface area contributed by atoms with Crippen molar-refractivity contribution in [1.29, 1.82) is 0 Å². The van der Waals surface area contributed by atoms with Crippen LogP contribution in [0, 0.1) is 0 Å². The van der Waals surface area contributed by atoms with Crippen LogP contribution in [0.1, 0.15) is 0 Å². The molecule has 0 saturated heterocycles. The zero-order valence-electron chi connectivity index (χ0n) is 9.88. The van der Waals surface area contributed by atoms with Gasteiger partial charge < -0.3 is 10.3 Å². The number of aromatic nitrogens is 2. The fraction of sp³-hybridized carbons (Fsp3) is 0.167. The summed E-state index contributed by atoms with van der Waals surface area (Å²) in [5, 5.41) is 0. The number of hydrogen-bond acceptors (Lipinski definition) is 5. The van der Waals surface area contributed by atoms with E-state index in [9.17, 15) is 0 Å². The van der Waals surface area contributed by atoms with E-state index in [1.807, 2.05) is 43.3 Å². The molecule has 5 heteroatoms. The van der Waals surface area contributed by atoms with Gasteiger partial charge in [-0.05, 0) is 24.3 Å². The summed E-state index contributed by atoms with van der Waals surface area (Å²) in [5.41, 5.74) is 4.61. The van der Waals surface area contributed by atoms with Gasteiger partial charge in [0.1, 0.15) is 5.82 Å². The lowest BCUT2D eigenvalue weighted by atomic mass is 10.2. The highest BCUT2D eigenvalue weighted by Crippen LogP contribution is 2.19. The molecule has 0 saturated carbocycles. The average molecular weight is 229 g/mol. The Balaban J connectivity index is 2.32. The summed E-state index contributed by atoms with van der Waals surface area (Å²) in [6, 6.07) is 9.76. The normalized spacial score (nSPS) is 10.1. The molecule has 0 spiro atoms. The maximum atomic E-state index is 5.31. The van der Waals surface area contributed by atoms with Gasteiger partial charge in [0.05, 0.1) is 0 Å². The van der Waals surface area contributed by atoms with E-state index in [0.29, 0.717) is 11.6 Å². The summed E-state index contributed by atoms with van der Waals surface area (Å²) in [7, 11) is 4.01. The van der Waals surface area contributed by atoms with Crippen molar-refractivity contribution in [3.8, 4) is 11.4 Å². The number of rotatable bonds is 3. The molecule has 2 aromatic rings. The van der Waals surface area contributed by atoms with Gasteiger partial charge in [-0.2, -0.15) is 0 Å². The van der Waals surface area contributed by atoms with Crippen LogP contribution < -0.4 is 16.2 Å². The minimum Gasteiger partial charge on any atom is -0.378 e. The largest absolute Gasteiger partial charge is 0.378 e. The van der Waals surface area contributed by atoms with Crippen LogP contribution in [0.4, 0.5) is 11.5 Å². The first-order valence-corrected chi connectivity index (χ1v) is 5.28. The lowest BCUT2D eigenvalue weighted by Gasteiger charge is -2.12. The number of nitrogen functional groups attached to an aromatic ring is 1. The lowest BCUT2D eigenvalue weighted by molar-refractivity contribution is 1.12. The third-order valence-electron chi connectivity index (χ3n) is 2.45. The van der Waals surface area contributed by atoms with Gasteiger partial charge >= 0.3 is 0 Å². The second kappa shape index (κ2) is 4.80. The molecule has 0 atom stereocenters. The second-order valence-corrected chi connectivity index (χ2v) is 3.85. The van der Waals surface area contributed by atoms with Gasteiger partial charge in [-0.1, -0.05) is 0 Å². The Bertz CT molecular complexity index is 493. The fourth-order valence-electron chi connectivity index (χ4n) is 1.49. The van der Waals surface area contributed by atoms with Crippen LogP contribution in [-0.4, -0.2) is 24.1 Å². The summed E-state index contributed by atoms with van der Waals surface area (Å²) in [4.78, 5) is 10.5. The number of nitrogens with one attached hydrogen (secondary N) is 1. The van der Waals surface area contributed by atoms with Crippen LogP contribution in [-0.2, 0) is 0 Å². The molecule has 0 bridgehead atoms. The highest BCUT2D eigenvalue weighted by Gasteiger charge is 2.02. The van der Waals surface area contributed by atoms with E-state index in [1.165, 1.54) is 0 Å². The molecule has 1 heterocycles. The molecule has 88 valence electrons. The van der Waals surface area contributed by atoms with Crippen molar-refractivity contribution >= 4 is 11.5 Å². The topological polar surface area (TPSA) is 67.1 Å². The van der Waals surface area contributed by atoms with E-state index in [0.717, 1.165) is 11.3 Å². The monoisotopic (exact) mass is 229 g/mol. The molecule has 0 aliphatic heterocycles. The summed E-state index contributed by atoms with van der Waals surface area (Å²) in [6.45, 7) is 0. The number of anilines is 2. The van der Waals surface area contributed by atoms with Gasteiger partial charge in [-0.15, -0.1) is 0 Å². The zero-order valence-corrected chi connectivity index (χ0v) is 9.88. The molecular weight excluding hydrogens is 214 g/mol. The molecule has 0 radical (unpaired) electrons. The Morgan fingerprint density at radius 3 is 2.41 bits per heavy atom. The molecule has 2 rings (SSSR count). The number of benzene rings is 1. The van der Waals surface area contributed by atoms with Crippen molar-refractivity contribution in [2.45, 2.75) is 0 Å². The lowest BCUT2D eigenvalue weighted by Crippen LogP contribution is -2.09. The SMILES string of the molecule is CN(C)c1ccc(-c2nccc(NN)n2)cc1. The summed E-state index contributed by atoms with van der Waals surface area (Å²) < 4.78 is 0. The smallest absolute Gasteiger partial charge is 0.161 e. The predicted molar refractivity (Wildman–Crippen MR) is 69.6 cm³/mol. The van der Waals surface area contributed by atoms with E-state index < -0.39 is 0 Å². The molecular formula is C12H15N5. The molecule has 1 aromatic carbocycles. The average Bonchev–Trinajstić information content (AvgIpc) is 2.39. The van der Waals surface area contributed by atoms with Gasteiger partial charge in [-0.25, -0.2) is 15.8 Å². The first kappa shape index (κ1) is 11.3. The Morgan fingerprint density at radius 1 is 1.12 bits per heavy atom. The molecule has 3 N–H and O–H groups in total. The van der Waals surface area contributed by atoms with Gasteiger partial charge in [0, 0.05) is 37.6 Å². The van der Waals surface area contributed by atoms with Gasteiger partial charge in [0.2, 0.25) is 0 Å². The van der Waals surface area contributed by atoms with Crippen LogP contribution in [0.5, 0.6) is 0 Å². The standard InChI is InChI=1S/C12H15N5/c1-17(2)10-5-3-9(4-6-10)12-14-8-7-11(15-12)16-13/h3-8H,13H2,1-2H3,(H,14,15,16). The van der Waals surface area contributed by atoms with Crippen molar-refractivity contribution in [2.24, 2.45) is 5.84 Å². The van der Waals surface area contributed by atoms with Gasteiger partial charge in [0.15, 0.2) is 5.82 Å². The van der Waals surface area contributed by atoms with Crippen molar-refractivity contribution in [2.75, 3.05) is 24.4 Å². The molecule has 1 aromatic heterocycles. The van der Waals surface area contributed by atoms with E-state index in [1.54, 1.807) is 12.3 Å². The van der Waals surface area contributed by atoms with E-state index in [4.69, 9.17) is 5.84 Å². The zero-order chi connectivity index (χ0) is 12.3. The minimum atomic E-state index is 0.603. The maximum absolute atomic E-state index is 5.31. The Morgan fingerprint density at radius 2 is 1.82 bits per heavy atom. The third-order valence-corrected chi connectivity index (χ3v) is 2.45. The Hall–Kier alpha value is -2.14. The first-order chi connectivity index (χ1) is 8.20. The number of nitrogens with two attached hydrogens (primary N) is 1. The summed E-state index contributed by atoms with van der Waals surface area (Å²) in [6.07, 6.45) is 1.68. The van der Waals surface area contributed by atoms with E-state index >= 15 is 0 Å². The van der Waals surface area contributed by atoms with Crippen LogP contribution >= 0.6 is 0 Å². The summed E-state index contributed by atoms with van der Waals surface area (Å²) >= 11 is 0. The van der Waals surface area contributed by atoms with Gasteiger partial charge in [-0.3, -0.25) is 0 Å². The summed E-state index contributed by atoms with van der Waals surface area (Å²) in [5.74, 6) is 6.58. The van der Waals surface area contributed by atoms with E-state index in [2.05, 4.69) is 15.4 Å². The molecule has 0 aliphatic carbocycles. The van der Waals surface area contributed by atoms with Gasteiger partial charge in [0.25, 0.3) is 0 Å². The van der Waals surface area contributed by atoms with Crippen molar-refractivity contribution in [3.05, 3.63) is 36.5 Å². The maximum Gasteiger partial charge on any atom is 0.161 e. The molecule has 17 heavy (non-hydrogen) atoms. The van der Waals surface area contributed by atoms with Crippen LogP contribution in [0.2, 0.25) is 0 Å². The minimum absolute atomic E-state index is 0.603. The first-order valence-electron chi connectivity index (χ1n) is 5.28. The number of nitrogens with zero attached hydrogens (tertiary/aromatic N) is 3. The van der Waals surface area contributed by atoms with Crippen LogP contribution in [0.25, 0.3) is 11.4 Å². The second-order valence-electron chi connectivity index (χ2n) is 3.85. The molecule has 5 nitrogen and oxygen atoms in total. The quantitative estimate of drug-likeness (QED) is 0.616. The Kier molecular flexibility index (Phi) is 3.20. The number of hydrazine groups is 1. The molecule has 0 unspecified atom stereocenters. The molecule has 0 amide bonds. The molecule has 0 fully saturated rings. The fourth-order valence-corrected chi connectivity index (χ4v) is 1.49. The highest BCUT2D eigenvalue weighted by atomic mass is 15.3. The van der Waals surface area contributed by atoms with Crippen molar-refractivity contribution in [3.63, 3.8) is 0 Å². The van der Waals surface area contributed by atoms with E-state index in [-0.39, 0.29) is 0 Å². The van der Waals surface area contributed by atoms with Crippen LogP contribution in [0.3, 0.4) is 0 Å². The Labute approximate surface area is 100 Å². The van der Waals surface area contributed by atoms with Crippen LogP contribution in [0.15, 0.2) is 36.5 Å². The van der Waals surface area contributed by atoms with Crippen molar-refractivity contribution < 1.29 is 0 Å². The highest BCUT2D eigenvalue weighted by molar-refractivity contribution is 5.61.